The molecule has 3 heterocycles. The largest absolute Gasteiger partial charge is 0.379 e. The van der Waals surface area contributed by atoms with Crippen molar-refractivity contribution in [1.29, 1.82) is 0 Å². The number of amides is 1. The second-order valence-electron chi connectivity index (χ2n) is 7.26. The number of carbonyl (C=O) groups excluding carboxylic acids is 1. The summed E-state index contributed by atoms with van der Waals surface area (Å²) in [4.78, 5) is 22.7. The number of para-hydroxylation sites is 1. The normalized spacial score (nSPS) is 18.4. The lowest BCUT2D eigenvalue weighted by molar-refractivity contribution is 0.0383. The van der Waals surface area contributed by atoms with Crippen molar-refractivity contribution in [3.05, 3.63) is 41.1 Å². The minimum Gasteiger partial charge on any atom is -0.379 e. The summed E-state index contributed by atoms with van der Waals surface area (Å²) in [6.07, 6.45) is 0.905. The molecular formula is C21H28N4O2. The predicted octanol–water partition coefficient (Wildman–Crippen LogP) is 1.67. The van der Waals surface area contributed by atoms with Crippen molar-refractivity contribution in [3.8, 4) is 0 Å². The van der Waals surface area contributed by atoms with Crippen LogP contribution >= 0.6 is 0 Å². The second kappa shape index (κ2) is 8.33. The van der Waals surface area contributed by atoms with Gasteiger partial charge in [0.2, 0.25) is 0 Å². The fraction of sp³-hybridized carbons (Fsp3) is 0.524. The van der Waals surface area contributed by atoms with Crippen LogP contribution in [0.15, 0.2) is 24.3 Å². The van der Waals surface area contributed by atoms with Gasteiger partial charge in [-0.1, -0.05) is 25.1 Å². The Labute approximate surface area is 160 Å². The molecule has 0 unspecified atom stereocenters. The average molecular weight is 368 g/mol. The molecule has 144 valence electrons. The van der Waals surface area contributed by atoms with E-state index in [-0.39, 0.29) is 5.91 Å². The summed E-state index contributed by atoms with van der Waals surface area (Å²) in [6, 6.07) is 8.00. The number of likely N-dealkylation sites (N-methyl/N-ethyl adjacent to an activating group) is 1. The van der Waals surface area contributed by atoms with E-state index in [1.165, 1.54) is 0 Å². The Morgan fingerprint density at radius 2 is 2.00 bits per heavy atom. The first-order valence-corrected chi connectivity index (χ1v) is 9.97. The SMILES string of the molecule is CCN1CCc2nc3ccccc3c(C(=O)NCCN3CCOCC3)c2C1. The molecule has 1 saturated heterocycles. The molecule has 1 N–H and O–H groups in total. The highest BCUT2D eigenvalue weighted by Gasteiger charge is 2.25. The van der Waals surface area contributed by atoms with E-state index < -0.39 is 0 Å². The van der Waals surface area contributed by atoms with Crippen LogP contribution in [0.25, 0.3) is 10.9 Å². The van der Waals surface area contributed by atoms with E-state index in [4.69, 9.17) is 9.72 Å². The van der Waals surface area contributed by atoms with Gasteiger partial charge in [0.15, 0.2) is 0 Å². The molecular weight excluding hydrogens is 340 g/mol. The van der Waals surface area contributed by atoms with Gasteiger partial charge in [-0.2, -0.15) is 0 Å². The molecule has 1 aromatic heterocycles. The van der Waals surface area contributed by atoms with Crippen LogP contribution in [0.5, 0.6) is 0 Å². The third-order valence-electron chi connectivity index (χ3n) is 5.62. The minimum atomic E-state index is 0.0241. The molecule has 0 saturated carbocycles. The second-order valence-corrected chi connectivity index (χ2v) is 7.26. The first kappa shape index (κ1) is 18.3. The van der Waals surface area contributed by atoms with Crippen molar-refractivity contribution in [1.82, 2.24) is 20.1 Å². The maximum atomic E-state index is 13.2. The first-order chi connectivity index (χ1) is 13.3. The molecule has 2 aliphatic rings. The molecule has 0 spiro atoms. The van der Waals surface area contributed by atoms with Gasteiger partial charge in [-0.05, 0) is 12.6 Å². The average Bonchev–Trinajstić information content (AvgIpc) is 2.72. The van der Waals surface area contributed by atoms with Crippen LogP contribution < -0.4 is 5.32 Å². The zero-order valence-corrected chi connectivity index (χ0v) is 16.0. The van der Waals surface area contributed by atoms with E-state index in [0.717, 1.165) is 86.6 Å². The summed E-state index contributed by atoms with van der Waals surface area (Å²) < 4.78 is 5.39. The molecule has 0 bridgehead atoms. The molecule has 4 rings (SSSR count). The van der Waals surface area contributed by atoms with Crippen molar-refractivity contribution in [2.45, 2.75) is 19.9 Å². The Kier molecular flexibility index (Phi) is 5.66. The topological polar surface area (TPSA) is 57.7 Å². The van der Waals surface area contributed by atoms with E-state index >= 15 is 0 Å². The molecule has 1 aromatic carbocycles. The number of pyridine rings is 1. The molecule has 1 amide bonds. The number of nitrogens with zero attached hydrogens (tertiary/aromatic N) is 3. The molecule has 6 nitrogen and oxygen atoms in total. The predicted molar refractivity (Wildman–Crippen MR) is 106 cm³/mol. The van der Waals surface area contributed by atoms with E-state index in [2.05, 4.69) is 22.0 Å². The third-order valence-corrected chi connectivity index (χ3v) is 5.62. The molecule has 27 heavy (non-hydrogen) atoms. The highest BCUT2D eigenvalue weighted by atomic mass is 16.5. The zero-order valence-electron chi connectivity index (χ0n) is 16.0. The van der Waals surface area contributed by atoms with E-state index in [1.807, 2.05) is 24.3 Å². The van der Waals surface area contributed by atoms with Crippen LogP contribution in [-0.2, 0) is 17.7 Å². The summed E-state index contributed by atoms with van der Waals surface area (Å²) in [7, 11) is 0. The van der Waals surface area contributed by atoms with Gasteiger partial charge in [-0.15, -0.1) is 0 Å². The maximum absolute atomic E-state index is 13.2. The monoisotopic (exact) mass is 368 g/mol. The Morgan fingerprint density at radius 3 is 2.81 bits per heavy atom. The summed E-state index contributed by atoms with van der Waals surface area (Å²) in [6.45, 7) is 9.92. The van der Waals surface area contributed by atoms with Crippen molar-refractivity contribution in [3.63, 3.8) is 0 Å². The number of morpholine rings is 1. The lowest BCUT2D eigenvalue weighted by Crippen LogP contribution is -2.41. The van der Waals surface area contributed by atoms with Gasteiger partial charge in [-0.3, -0.25) is 19.6 Å². The van der Waals surface area contributed by atoms with Gasteiger partial charge < -0.3 is 10.1 Å². The summed E-state index contributed by atoms with van der Waals surface area (Å²) >= 11 is 0. The number of benzene rings is 1. The van der Waals surface area contributed by atoms with Crippen molar-refractivity contribution < 1.29 is 9.53 Å². The smallest absolute Gasteiger partial charge is 0.252 e. The van der Waals surface area contributed by atoms with Gasteiger partial charge in [-0.25, -0.2) is 0 Å². The van der Waals surface area contributed by atoms with Gasteiger partial charge >= 0.3 is 0 Å². The number of fused-ring (bicyclic) bond motifs is 2. The number of nitrogens with one attached hydrogen (secondary N) is 1. The van der Waals surface area contributed by atoms with Crippen LogP contribution in [0, 0.1) is 0 Å². The minimum absolute atomic E-state index is 0.0241. The molecule has 2 aliphatic heterocycles. The standard InChI is InChI=1S/C21H28N4O2/c1-2-24-9-7-19-17(15-24)20(16-5-3-4-6-18(16)23-19)21(26)22-8-10-25-11-13-27-14-12-25/h3-6H,2,7-15H2,1H3,(H,22,26). The number of hydrogen-bond acceptors (Lipinski definition) is 5. The summed E-state index contributed by atoms with van der Waals surface area (Å²) in [5, 5.41) is 4.11. The maximum Gasteiger partial charge on any atom is 0.252 e. The fourth-order valence-electron chi connectivity index (χ4n) is 4.02. The van der Waals surface area contributed by atoms with Gasteiger partial charge in [0.1, 0.15) is 0 Å². The number of hydrogen-bond donors (Lipinski definition) is 1. The highest BCUT2D eigenvalue weighted by Crippen LogP contribution is 2.28. The molecule has 2 aromatic rings. The molecule has 0 aliphatic carbocycles. The number of carbonyl (C=O) groups is 1. The van der Waals surface area contributed by atoms with Crippen LogP contribution in [0.3, 0.4) is 0 Å². The Balaban J connectivity index is 1.58. The Morgan fingerprint density at radius 1 is 1.19 bits per heavy atom. The number of aromatic nitrogens is 1. The number of rotatable bonds is 5. The van der Waals surface area contributed by atoms with Crippen LogP contribution in [-0.4, -0.2) is 73.2 Å². The first-order valence-electron chi connectivity index (χ1n) is 9.97. The van der Waals surface area contributed by atoms with Gasteiger partial charge in [0.25, 0.3) is 5.91 Å². The van der Waals surface area contributed by atoms with Crippen LogP contribution in [0.2, 0.25) is 0 Å². The van der Waals surface area contributed by atoms with Gasteiger partial charge in [0, 0.05) is 62.3 Å². The summed E-state index contributed by atoms with van der Waals surface area (Å²) in [5.41, 5.74) is 3.91. The quantitative estimate of drug-likeness (QED) is 0.870. The van der Waals surface area contributed by atoms with E-state index in [1.54, 1.807) is 0 Å². The number of ether oxygens (including phenoxy) is 1. The lowest BCUT2D eigenvalue weighted by atomic mass is 9.95. The fourth-order valence-corrected chi connectivity index (χ4v) is 4.02. The van der Waals surface area contributed by atoms with Crippen LogP contribution in [0.1, 0.15) is 28.5 Å². The van der Waals surface area contributed by atoms with Crippen molar-refractivity contribution >= 4 is 16.8 Å². The molecule has 1 fully saturated rings. The zero-order chi connectivity index (χ0) is 18.6. The van der Waals surface area contributed by atoms with Crippen molar-refractivity contribution in [2.75, 3.05) is 52.5 Å². The van der Waals surface area contributed by atoms with Crippen molar-refractivity contribution in [2.24, 2.45) is 0 Å². The Hall–Kier alpha value is -2.02. The van der Waals surface area contributed by atoms with Gasteiger partial charge in [0.05, 0.1) is 24.3 Å². The third kappa shape index (κ3) is 3.98. The molecule has 0 atom stereocenters. The molecule has 0 radical (unpaired) electrons. The van der Waals surface area contributed by atoms with E-state index in [0.29, 0.717) is 6.54 Å². The lowest BCUT2D eigenvalue weighted by Gasteiger charge is -2.29. The Bertz CT molecular complexity index is 817. The summed E-state index contributed by atoms with van der Waals surface area (Å²) in [5.74, 6) is 0.0241. The molecule has 6 heteroatoms. The highest BCUT2D eigenvalue weighted by molar-refractivity contribution is 6.07. The van der Waals surface area contributed by atoms with Crippen LogP contribution in [0.4, 0.5) is 0 Å². The van der Waals surface area contributed by atoms with E-state index in [9.17, 15) is 4.79 Å².